The SMILES string of the molecule is O=C(C1CCN(c2nccc(C3=NCCN3)n2)CC1)N1N=CCC1c1ccccc1. The summed E-state index contributed by atoms with van der Waals surface area (Å²) in [7, 11) is 0. The quantitative estimate of drug-likeness (QED) is 0.844. The van der Waals surface area contributed by atoms with Gasteiger partial charge in [-0.15, -0.1) is 0 Å². The van der Waals surface area contributed by atoms with Crippen LogP contribution in [0.2, 0.25) is 0 Å². The van der Waals surface area contributed by atoms with E-state index in [9.17, 15) is 4.79 Å². The van der Waals surface area contributed by atoms with E-state index in [0.717, 1.165) is 62.5 Å². The number of carbonyl (C=O) groups is 1. The Kier molecular flexibility index (Phi) is 5.13. The lowest BCUT2D eigenvalue weighted by Crippen LogP contribution is -2.41. The molecule has 8 nitrogen and oxygen atoms in total. The third kappa shape index (κ3) is 3.65. The van der Waals surface area contributed by atoms with E-state index in [1.807, 2.05) is 30.5 Å². The fourth-order valence-corrected chi connectivity index (χ4v) is 4.29. The Labute approximate surface area is 175 Å². The molecule has 8 heteroatoms. The molecule has 4 heterocycles. The maximum absolute atomic E-state index is 13.2. The van der Waals surface area contributed by atoms with Crippen LogP contribution in [-0.2, 0) is 4.79 Å². The van der Waals surface area contributed by atoms with Gasteiger partial charge in [0, 0.05) is 44.4 Å². The van der Waals surface area contributed by atoms with Crippen LogP contribution in [0.15, 0.2) is 52.7 Å². The number of nitrogens with zero attached hydrogens (tertiary/aromatic N) is 6. The lowest BCUT2D eigenvalue weighted by Gasteiger charge is -2.33. The number of aliphatic imine (C=N–C) groups is 1. The van der Waals surface area contributed by atoms with Crippen molar-refractivity contribution < 1.29 is 4.79 Å². The lowest BCUT2D eigenvalue weighted by molar-refractivity contribution is -0.138. The minimum Gasteiger partial charge on any atom is -0.367 e. The van der Waals surface area contributed by atoms with Gasteiger partial charge in [0.25, 0.3) is 0 Å². The highest BCUT2D eigenvalue weighted by Gasteiger charge is 2.35. The van der Waals surface area contributed by atoms with Crippen LogP contribution in [0.1, 0.15) is 36.6 Å². The zero-order valence-electron chi connectivity index (χ0n) is 16.8. The van der Waals surface area contributed by atoms with Gasteiger partial charge in [-0.25, -0.2) is 15.0 Å². The first-order chi connectivity index (χ1) is 14.8. The molecule has 1 N–H and O–H groups in total. The standard InChI is InChI=1S/C22H25N7O/c30-21(29-19(7-11-26-29)16-4-2-1-3-5-16)17-8-14-28(15-9-17)22-25-10-6-18(27-22)20-23-12-13-24-20/h1-6,10-11,17,19H,7-9,12-15H2,(H,23,24). The summed E-state index contributed by atoms with van der Waals surface area (Å²) in [5, 5.41) is 9.34. The number of aromatic nitrogens is 2. The topological polar surface area (TPSA) is 86.1 Å². The van der Waals surface area contributed by atoms with E-state index in [-0.39, 0.29) is 17.9 Å². The summed E-state index contributed by atoms with van der Waals surface area (Å²) >= 11 is 0. The zero-order valence-corrected chi connectivity index (χ0v) is 16.8. The van der Waals surface area contributed by atoms with Crippen molar-refractivity contribution in [3.05, 3.63) is 53.9 Å². The van der Waals surface area contributed by atoms with Crippen LogP contribution >= 0.6 is 0 Å². The van der Waals surface area contributed by atoms with E-state index in [0.29, 0.717) is 5.95 Å². The zero-order chi connectivity index (χ0) is 20.3. The molecular weight excluding hydrogens is 378 g/mol. The summed E-state index contributed by atoms with van der Waals surface area (Å²) in [5.74, 6) is 1.64. The summed E-state index contributed by atoms with van der Waals surface area (Å²) in [6.07, 6.45) is 5.95. The monoisotopic (exact) mass is 403 g/mol. The van der Waals surface area contributed by atoms with Crippen LogP contribution in [0, 0.1) is 5.92 Å². The maximum atomic E-state index is 13.2. The molecule has 0 saturated carbocycles. The third-order valence-corrected chi connectivity index (χ3v) is 5.93. The molecule has 1 aromatic heterocycles. The first kappa shape index (κ1) is 18.7. The molecule has 0 aliphatic carbocycles. The highest BCUT2D eigenvalue weighted by molar-refractivity contribution is 5.98. The van der Waals surface area contributed by atoms with Gasteiger partial charge in [0.2, 0.25) is 11.9 Å². The normalized spacial score (nSPS) is 21.6. The third-order valence-electron chi connectivity index (χ3n) is 5.93. The van der Waals surface area contributed by atoms with Crippen molar-refractivity contribution >= 4 is 23.9 Å². The first-order valence-electron chi connectivity index (χ1n) is 10.6. The molecule has 1 atom stereocenters. The predicted molar refractivity (Wildman–Crippen MR) is 116 cm³/mol. The Morgan fingerprint density at radius 3 is 2.70 bits per heavy atom. The van der Waals surface area contributed by atoms with E-state index < -0.39 is 0 Å². The van der Waals surface area contributed by atoms with Gasteiger partial charge < -0.3 is 10.2 Å². The van der Waals surface area contributed by atoms with Gasteiger partial charge in [-0.3, -0.25) is 9.79 Å². The van der Waals surface area contributed by atoms with Crippen LogP contribution in [-0.4, -0.2) is 59.1 Å². The fraction of sp³-hybridized carbons (Fsp3) is 0.409. The Bertz CT molecular complexity index is 966. The van der Waals surface area contributed by atoms with Crippen LogP contribution in [0.5, 0.6) is 0 Å². The number of piperidine rings is 1. The number of benzene rings is 1. The second-order valence-corrected chi connectivity index (χ2v) is 7.80. The highest BCUT2D eigenvalue weighted by Crippen LogP contribution is 2.32. The summed E-state index contributed by atoms with van der Waals surface area (Å²) in [6.45, 7) is 3.15. The number of hydrogen-bond donors (Lipinski definition) is 1. The summed E-state index contributed by atoms with van der Waals surface area (Å²) in [5.41, 5.74) is 1.96. The van der Waals surface area contributed by atoms with Gasteiger partial charge in [0.15, 0.2) is 0 Å². The molecule has 30 heavy (non-hydrogen) atoms. The molecule has 5 rings (SSSR count). The Balaban J connectivity index is 1.23. The van der Waals surface area contributed by atoms with E-state index in [4.69, 9.17) is 0 Å². The molecule has 1 saturated heterocycles. The molecular formula is C22H25N7O. The number of carbonyl (C=O) groups excluding carboxylic acids is 1. The van der Waals surface area contributed by atoms with Crippen molar-refractivity contribution in [3.8, 4) is 0 Å². The van der Waals surface area contributed by atoms with E-state index in [1.165, 1.54) is 0 Å². The van der Waals surface area contributed by atoms with Crippen LogP contribution in [0.4, 0.5) is 5.95 Å². The Morgan fingerprint density at radius 1 is 1.10 bits per heavy atom. The Hall–Kier alpha value is -3.29. The number of anilines is 1. The van der Waals surface area contributed by atoms with Crippen molar-refractivity contribution in [3.63, 3.8) is 0 Å². The van der Waals surface area contributed by atoms with E-state index >= 15 is 0 Å². The predicted octanol–water partition coefficient (Wildman–Crippen LogP) is 2.00. The Morgan fingerprint density at radius 2 is 1.93 bits per heavy atom. The molecule has 1 aromatic carbocycles. The molecule has 0 spiro atoms. The molecule has 2 aromatic rings. The number of hydrazone groups is 1. The van der Waals surface area contributed by atoms with Gasteiger partial charge >= 0.3 is 0 Å². The van der Waals surface area contributed by atoms with E-state index in [2.05, 4.69) is 42.4 Å². The largest absolute Gasteiger partial charge is 0.367 e. The number of nitrogens with one attached hydrogen (secondary N) is 1. The van der Waals surface area contributed by atoms with Crippen LogP contribution < -0.4 is 10.2 Å². The summed E-state index contributed by atoms with van der Waals surface area (Å²) < 4.78 is 0. The maximum Gasteiger partial charge on any atom is 0.246 e. The average molecular weight is 403 g/mol. The second-order valence-electron chi connectivity index (χ2n) is 7.80. The fourth-order valence-electron chi connectivity index (χ4n) is 4.29. The summed E-state index contributed by atoms with van der Waals surface area (Å²) in [4.78, 5) is 28.9. The highest BCUT2D eigenvalue weighted by atomic mass is 16.2. The molecule has 154 valence electrons. The average Bonchev–Trinajstić information content (AvgIpc) is 3.52. The van der Waals surface area contributed by atoms with Crippen molar-refractivity contribution in [2.45, 2.75) is 25.3 Å². The van der Waals surface area contributed by atoms with Crippen molar-refractivity contribution in [2.24, 2.45) is 16.0 Å². The van der Waals surface area contributed by atoms with Gasteiger partial charge in [-0.1, -0.05) is 30.3 Å². The number of rotatable bonds is 4. The van der Waals surface area contributed by atoms with Crippen molar-refractivity contribution in [1.29, 1.82) is 0 Å². The molecule has 1 amide bonds. The number of amides is 1. The molecule has 0 radical (unpaired) electrons. The van der Waals surface area contributed by atoms with Crippen molar-refractivity contribution in [2.75, 3.05) is 31.1 Å². The molecule has 3 aliphatic heterocycles. The molecule has 1 unspecified atom stereocenters. The molecule has 0 bridgehead atoms. The van der Waals surface area contributed by atoms with Crippen LogP contribution in [0.3, 0.4) is 0 Å². The smallest absolute Gasteiger partial charge is 0.246 e. The first-order valence-corrected chi connectivity index (χ1v) is 10.6. The lowest BCUT2D eigenvalue weighted by atomic mass is 9.94. The van der Waals surface area contributed by atoms with Crippen LogP contribution in [0.25, 0.3) is 0 Å². The second kappa shape index (κ2) is 8.22. The van der Waals surface area contributed by atoms with E-state index in [1.54, 1.807) is 11.2 Å². The van der Waals surface area contributed by atoms with Gasteiger partial charge in [-0.2, -0.15) is 5.10 Å². The van der Waals surface area contributed by atoms with Gasteiger partial charge in [-0.05, 0) is 24.5 Å². The molecule has 3 aliphatic rings. The van der Waals surface area contributed by atoms with Gasteiger partial charge in [0.05, 0.1) is 12.6 Å². The van der Waals surface area contributed by atoms with Gasteiger partial charge in [0.1, 0.15) is 11.5 Å². The minimum atomic E-state index is -0.0215. The summed E-state index contributed by atoms with van der Waals surface area (Å²) in [6, 6.07) is 12.0. The van der Waals surface area contributed by atoms with Crippen molar-refractivity contribution in [1.82, 2.24) is 20.3 Å². The minimum absolute atomic E-state index is 0.0106. The molecule has 1 fully saturated rings. The number of hydrogen-bond acceptors (Lipinski definition) is 7. The number of amidine groups is 1.